The lowest BCUT2D eigenvalue weighted by Crippen LogP contribution is -2.44. The third-order valence-corrected chi connectivity index (χ3v) is 5.11. The smallest absolute Gasteiger partial charge is 0.314 e. The van der Waals surface area contributed by atoms with Gasteiger partial charge in [0.05, 0.1) is 17.3 Å². The van der Waals surface area contributed by atoms with Gasteiger partial charge in [0.1, 0.15) is 5.82 Å². The van der Waals surface area contributed by atoms with Gasteiger partial charge in [-0.3, -0.25) is 0 Å². The zero-order chi connectivity index (χ0) is 19.3. The van der Waals surface area contributed by atoms with E-state index in [0.29, 0.717) is 42.5 Å². The summed E-state index contributed by atoms with van der Waals surface area (Å²) in [6, 6.07) is 2.34. The molecule has 0 radical (unpaired) electrons. The summed E-state index contributed by atoms with van der Waals surface area (Å²) >= 11 is 0. The number of nitrogens with one attached hydrogen (secondary N) is 1. The Kier molecular flexibility index (Phi) is 4.05. The number of hydrogen-bond acceptors (Lipinski definition) is 2. The van der Waals surface area contributed by atoms with E-state index in [0.717, 1.165) is 6.07 Å². The third-order valence-electron chi connectivity index (χ3n) is 5.11. The highest BCUT2D eigenvalue weighted by Gasteiger charge is 2.44. The third kappa shape index (κ3) is 3.00. The molecule has 0 saturated carbocycles. The molecule has 2 aliphatic rings. The van der Waals surface area contributed by atoms with Crippen LogP contribution in [0.25, 0.3) is 0 Å². The van der Waals surface area contributed by atoms with Crippen LogP contribution in [0, 0.1) is 11.8 Å². The zero-order valence-corrected chi connectivity index (χ0v) is 13.9. The molecular formula is C18H14F5N3O. The predicted molar refractivity (Wildman–Crippen MR) is 85.9 cm³/mol. The van der Waals surface area contributed by atoms with E-state index in [9.17, 15) is 26.7 Å². The lowest BCUT2D eigenvalue weighted by molar-refractivity contribution is -0.137. The van der Waals surface area contributed by atoms with Crippen LogP contribution in [0.4, 0.5) is 32.4 Å². The highest BCUT2D eigenvalue weighted by atomic mass is 19.4. The van der Waals surface area contributed by atoms with Crippen LogP contribution >= 0.6 is 0 Å². The van der Waals surface area contributed by atoms with E-state index >= 15 is 0 Å². The van der Waals surface area contributed by atoms with E-state index in [2.05, 4.69) is 10.3 Å². The van der Waals surface area contributed by atoms with E-state index in [1.807, 2.05) is 0 Å². The topological polar surface area (TPSA) is 45.2 Å². The molecule has 2 aromatic rings. The van der Waals surface area contributed by atoms with Crippen LogP contribution in [0.5, 0.6) is 0 Å². The minimum Gasteiger partial charge on any atom is -0.314 e. The summed E-state index contributed by atoms with van der Waals surface area (Å²) in [5.74, 6) is -1.73. The first-order valence-electron chi connectivity index (χ1n) is 8.35. The second-order valence-corrected chi connectivity index (χ2v) is 6.65. The Bertz CT molecular complexity index is 914. The predicted octanol–water partition coefficient (Wildman–Crippen LogP) is 4.67. The maximum Gasteiger partial charge on any atom is 0.416 e. The van der Waals surface area contributed by atoms with Gasteiger partial charge in [0.15, 0.2) is 0 Å². The van der Waals surface area contributed by atoms with Gasteiger partial charge in [-0.05, 0) is 49.1 Å². The Hall–Kier alpha value is -2.71. The summed E-state index contributed by atoms with van der Waals surface area (Å²) in [5, 5.41) is 2.34. The van der Waals surface area contributed by atoms with Crippen molar-refractivity contribution in [2.45, 2.75) is 37.5 Å². The number of fused-ring (bicyclic) bond motifs is 4. The minimum absolute atomic E-state index is 0.265. The number of urea groups is 1. The molecule has 1 saturated heterocycles. The Morgan fingerprint density at radius 2 is 1.96 bits per heavy atom. The number of rotatable bonds is 1. The van der Waals surface area contributed by atoms with Crippen molar-refractivity contribution in [1.29, 1.82) is 0 Å². The second-order valence-electron chi connectivity index (χ2n) is 6.65. The summed E-state index contributed by atoms with van der Waals surface area (Å²) < 4.78 is 65.9. The number of amides is 2. The molecule has 0 aliphatic carbocycles. The number of halogens is 5. The maximum absolute atomic E-state index is 14.0. The number of aromatic nitrogens is 1. The van der Waals surface area contributed by atoms with Crippen LogP contribution in [-0.4, -0.2) is 22.0 Å². The lowest BCUT2D eigenvalue weighted by atomic mass is 9.95. The molecule has 142 valence electrons. The van der Waals surface area contributed by atoms with Gasteiger partial charge in [0.25, 0.3) is 0 Å². The van der Waals surface area contributed by atoms with Gasteiger partial charge in [-0.15, -0.1) is 0 Å². The number of anilines is 1. The molecule has 1 N–H and O–H groups in total. The van der Waals surface area contributed by atoms with Crippen LogP contribution in [0.3, 0.4) is 0 Å². The summed E-state index contributed by atoms with van der Waals surface area (Å²) in [4.78, 5) is 17.8. The largest absolute Gasteiger partial charge is 0.416 e. The normalized spacial score (nSPS) is 21.1. The van der Waals surface area contributed by atoms with Gasteiger partial charge in [-0.25, -0.2) is 14.2 Å². The molecule has 3 heterocycles. The number of carbonyl (C=O) groups is 1. The number of benzene rings is 1. The first-order valence-corrected chi connectivity index (χ1v) is 8.35. The van der Waals surface area contributed by atoms with Gasteiger partial charge in [0, 0.05) is 17.8 Å². The van der Waals surface area contributed by atoms with Gasteiger partial charge in [-0.2, -0.15) is 17.6 Å². The Labute approximate surface area is 151 Å². The van der Waals surface area contributed by atoms with Gasteiger partial charge >= 0.3 is 12.2 Å². The summed E-state index contributed by atoms with van der Waals surface area (Å²) in [7, 11) is 0. The van der Waals surface area contributed by atoms with Crippen molar-refractivity contribution in [2.24, 2.45) is 0 Å². The van der Waals surface area contributed by atoms with Crippen molar-refractivity contribution in [1.82, 2.24) is 9.88 Å². The monoisotopic (exact) mass is 383 g/mol. The quantitative estimate of drug-likeness (QED) is 0.575. The molecule has 2 atom stereocenters. The van der Waals surface area contributed by atoms with E-state index in [1.54, 1.807) is 6.07 Å². The molecular weight excluding hydrogens is 369 g/mol. The van der Waals surface area contributed by atoms with E-state index in [4.69, 9.17) is 0 Å². The molecule has 2 aliphatic heterocycles. The van der Waals surface area contributed by atoms with Crippen LogP contribution in [0.2, 0.25) is 0 Å². The average molecular weight is 383 g/mol. The van der Waals surface area contributed by atoms with Crippen molar-refractivity contribution < 1.29 is 26.7 Å². The van der Waals surface area contributed by atoms with Crippen LogP contribution in [0.1, 0.15) is 35.6 Å². The van der Waals surface area contributed by atoms with Gasteiger partial charge in [-0.1, -0.05) is 0 Å². The lowest BCUT2D eigenvalue weighted by Gasteiger charge is -2.36. The van der Waals surface area contributed by atoms with Crippen LogP contribution in [0.15, 0.2) is 30.5 Å². The molecule has 2 amide bonds. The molecule has 0 spiro atoms. The van der Waals surface area contributed by atoms with E-state index in [1.165, 1.54) is 11.1 Å². The van der Waals surface area contributed by atoms with Gasteiger partial charge in [0.2, 0.25) is 5.95 Å². The zero-order valence-electron chi connectivity index (χ0n) is 13.9. The fourth-order valence-electron chi connectivity index (χ4n) is 3.90. The fourth-order valence-corrected chi connectivity index (χ4v) is 3.90. The standard InChI is InChI=1S/C18H14F5N3O/c19-13-7-9(18(21,22)23)1-3-14(13)25-17(27)26-10-2-4-15(26)11-5-6-24-16(20)12(11)8-10/h1,3,5-7,10,15H,2,4,8H2,(H,25,27)/t10-,15+/m0/s1. The summed E-state index contributed by atoms with van der Waals surface area (Å²) in [5.41, 5.74) is -0.318. The molecule has 4 nitrogen and oxygen atoms in total. The first kappa shape index (κ1) is 17.7. The summed E-state index contributed by atoms with van der Waals surface area (Å²) in [6.45, 7) is 0. The second kappa shape index (κ2) is 6.17. The van der Waals surface area contributed by atoms with Crippen LogP contribution < -0.4 is 5.32 Å². The SMILES string of the molecule is O=C(Nc1ccc(C(F)(F)F)cc1F)N1[C@H]2CC[C@@H]1c1ccnc(F)c1C2. The molecule has 1 aromatic carbocycles. The minimum atomic E-state index is -4.67. The van der Waals surface area contributed by atoms with E-state index in [-0.39, 0.29) is 17.8 Å². The van der Waals surface area contributed by atoms with Gasteiger partial charge < -0.3 is 10.2 Å². The van der Waals surface area contributed by atoms with Crippen molar-refractivity contribution in [3.8, 4) is 0 Å². The number of hydrogen-bond donors (Lipinski definition) is 1. The number of nitrogens with zero attached hydrogens (tertiary/aromatic N) is 2. The average Bonchev–Trinajstić information content (AvgIpc) is 2.92. The maximum atomic E-state index is 14.0. The Balaban J connectivity index is 1.58. The molecule has 4 rings (SSSR count). The molecule has 2 bridgehead atoms. The number of carbonyl (C=O) groups excluding carboxylic acids is 1. The van der Waals surface area contributed by atoms with E-state index < -0.39 is 29.5 Å². The van der Waals surface area contributed by atoms with Crippen molar-refractivity contribution in [3.05, 3.63) is 58.9 Å². The molecule has 1 aromatic heterocycles. The number of alkyl halides is 3. The highest BCUT2D eigenvalue weighted by Crippen LogP contribution is 2.44. The highest BCUT2D eigenvalue weighted by molar-refractivity contribution is 5.90. The Morgan fingerprint density at radius 1 is 1.19 bits per heavy atom. The van der Waals surface area contributed by atoms with Crippen molar-refractivity contribution in [3.63, 3.8) is 0 Å². The summed E-state index contributed by atoms with van der Waals surface area (Å²) in [6.07, 6.45) is -1.75. The van der Waals surface area contributed by atoms with Crippen LogP contribution in [-0.2, 0) is 12.6 Å². The van der Waals surface area contributed by atoms with Crippen molar-refractivity contribution >= 4 is 11.7 Å². The Morgan fingerprint density at radius 3 is 2.67 bits per heavy atom. The molecule has 0 unspecified atom stereocenters. The first-order chi connectivity index (χ1) is 12.8. The van der Waals surface area contributed by atoms with Crippen molar-refractivity contribution in [2.75, 3.05) is 5.32 Å². The molecule has 9 heteroatoms. The molecule has 1 fully saturated rings. The number of pyridine rings is 1. The fraction of sp³-hybridized carbons (Fsp3) is 0.333. The molecule has 27 heavy (non-hydrogen) atoms.